The minimum atomic E-state index is -3.56. The second-order valence-corrected chi connectivity index (χ2v) is 9.47. The molecule has 26 heavy (non-hydrogen) atoms. The molecule has 2 rings (SSSR count). The number of carbonyl (C=O) groups excluding carboxylic acids is 1. The number of benzene rings is 1. The Morgan fingerprint density at radius 2 is 2.08 bits per heavy atom. The zero-order valence-electron chi connectivity index (χ0n) is 15.6. The summed E-state index contributed by atoms with van der Waals surface area (Å²) in [5, 5.41) is 3.23. The van der Waals surface area contributed by atoms with Crippen LogP contribution >= 0.6 is 11.8 Å². The van der Waals surface area contributed by atoms with E-state index < -0.39 is 10.0 Å². The van der Waals surface area contributed by atoms with E-state index >= 15 is 0 Å². The molecule has 7 nitrogen and oxygen atoms in total. The summed E-state index contributed by atoms with van der Waals surface area (Å²) in [6.07, 6.45) is 3.57. The summed E-state index contributed by atoms with van der Waals surface area (Å²) in [5.41, 5.74) is 1.28. The molecule has 0 aliphatic carbocycles. The van der Waals surface area contributed by atoms with Crippen molar-refractivity contribution in [2.24, 2.45) is 0 Å². The Morgan fingerprint density at radius 1 is 1.38 bits per heavy atom. The standard InChI is InChI=1S/C17H24N4O3S2/c1-6-21-10-9-18-17(21)25-13(3)16(22)19-15-11-14(8-7-12(15)2)26(23,24)20(4)5/h7-11,13H,6H2,1-5H3,(H,19,22). The molecule has 0 aliphatic rings. The molecule has 9 heteroatoms. The molecule has 1 unspecified atom stereocenters. The van der Waals surface area contributed by atoms with Crippen LogP contribution in [-0.2, 0) is 21.4 Å². The van der Waals surface area contributed by atoms with Gasteiger partial charge in [-0.1, -0.05) is 17.8 Å². The zero-order valence-corrected chi connectivity index (χ0v) is 17.2. The number of thioether (sulfide) groups is 1. The first-order chi connectivity index (χ1) is 12.2. The van der Waals surface area contributed by atoms with Gasteiger partial charge < -0.3 is 9.88 Å². The van der Waals surface area contributed by atoms with E-state index in [2.05, 4.69) is 10.3 Å². The minimum absolute atomic E-state index is 0.144. The van der Waals surface area contributed by atoms with E-state index in [1.54, 1.807) is 19.2 Å². The van der Waals surface area contributed by atoms with Crippen LogP contribution in [0.4, 0.5) is 5.69 Å². The number of rotatable bonds is 7. The van der Waals surface area contributed by atoms with Gasteiger partial charge in [-0.15, -0.1) is 0 Å². The monoisotopic (exact) mass is 396 g/mol. The topological polar surface area (TPSA) is 84.3 Å². The van der Waals surface area contributed by atoms with E-state index in [1.807, 2.05) is 24.6 Å². The van der Waals surface area contributed by atoms with Gasteiger partial charge in [-0.25, -0.2) is 17.7 Å². The number of sulfonamides is 1. The molecule has 1 heterocycles. The Kier molecular flexibility index (Phi) is 6.48. The number of aromatic nitrogens is 2. The van der Waals surface area contributed by atoms with E-state index in [1.165, 1.54) is 38.0 Å². The molecule has 0 spiro atoms. The molecule has 142 valence electrons. The van der Waals surface area contributed by atoms with Gasteiger partial charge in [-0.05, 0) is 38.5 Å². The molecule has 1 aromatic heterocycles. The van der Waals surface area contributed by atoms with Crippen LogP contribution in [0.1, 0.15) is 19.4 Å². The van der Waals surface area contributed by atoms with Crippen LogP contribution in [0.2, 0.25) is 0 Å². The lowest BCUT2D eigenvalue weighted by Crippen LogP contribution is -2.25. The van der Waals surface area contributed by atoms with Crippen molar-refractivity contribution < 1.29 is 13.2 Å². The van der Waals surface area contributed by atoms with Gasteiger partial charge in [-0.2, -0.15) is 0 Å². The largest absolute Gasteiger partial charge is 0.326 e. The highest BCUT2D eigenvalue weighted by Gasteiger charge is 2.21. The van der Waals surface area contributed by atoms with Gasteiger partial charge in [0.2, 0.25) is 15.9 Å². The summed E-state index contributed by atoms with van der Waals surface area (Å²) in [6, 6.07) is 4.72. The van der Waals surface area contributed by atoms with Crippen molar-refractivity contribution in [2.75, 3.05) is 19.4 Å². The summed E-state index contributed by atoms with van der Waals surface area (Å²) in [4.78, 5) is 17.0. The van der Waals surface area contributed by atoms with Crippen molar-refractivity contribution in [2.45, 2.75) is 42.6 Å². The third-order valence-corrected chi connectivity index (χ3v) is 6.84. The number of anilines is 1. The van der Waals surface area contributed by atoms with Crippen LogP contribution in [-0.4, -0.2) is 47.5 Å². The maximum absolute atomic E-state index is 12.6. The number of nitrogens with zero attached hydrogens (tertiary/aromatic N) is 3. The molecule has 2 aromatic rings. The van der Waals surface area contributed by atoms with Gasteiger partial charge in [0.25, 0.3) is 0 Å². The molecule has 0 saturated carbocycles. The highest BCUT2D eigenvalue weighted by atomic mass is 32.2. The van der Waals surface area contributed by atoms with E-state index in [0.29, 0.717) is 5.69 Å². The number of imidazole rings is 1. The number of carbonyl (C=O) groups is 1. The van der Waals surface area contributed by atoms with Crippen molar-refractivity contribution in [3.8, 4) is 0 Å². The first-order valence-corrected chi connectivity index (χ1v) is 10.5. The number of hydrogen-bond donors (Lipinski definition) is 1. The summed E-state index contributed by atoms with van der Waals surface area (Å²) in [6.45, 7) is 6.41. The first-order valence-electron chi connectivity index (χ1n) is 8.18. The van der Waals surface area contributed by atoms with Gasteiger partial charge in [-0.3, -0.25) is 4.79 Å². The third kappa shape index (κ3) is 4.46. The lowest BCUT2D eigenvalue weighted by atomic mass is 10.2. The molecule has 1 atom stereocenters. The molecule has 0 radical (unpaired) electrons. The number of hydrogen-bond acceptors (Lipinski definition) is 5. The van der Waals surface area contributed by atoms with E-state index in [0.717, 1.165) is 21.6 Å². The third-order valence-electron chi connectivity index (χ3n) is 3.91. The van der Waals surface area contributed by atoms with Gasteiger partial charge in [0.05, 0.1) is 10.1 Å². The average molecular weight is 397 g/mol. The molecular weight excluding hydrogens is 372 g/mol. The Hall–Kier alpha value is -1.84. The zero-order chi connectivity index (χ0) is 19.5. The smallest absolute Gasteiger partial charge is 0.242 e. The molecule has 0 fully saturated rings. The average Bonchev–Trinajstić information content (AvgIpc) is 3.03. The van der Waals surface area contributed by atoms with Crippen molar-refractivity contribution in [3.05, 3.63) is 36.2 Å². The predicted molar refractivity (Wildman–Crippen MR) is 104 cm³/mol. The first kappa shape index (κ1) is 20.5. The fourth-order valence-electron chi connectivity index (χ4n) is 2.21. The van der Waals surface area contributed by atoms with Gasteiger partial charge >= 0.3 is 0 Å². The Morgan fingerprint density at radius 3 is 2.69 bits per heavy atom. The molecular formula is C17H24N4O3S2. The SMILES string of the molecule is CCn1ccnc1SC(C)C(=O)Nc1cc(S(=O)(=O)N(C)C)ccc1C. The van der Waals surface area contributed by atoms with Crippen LogP contribution in [0.15, 0.2) is 40.6 Å². The molecule has 0 bridgehead atoms. The maximum atomic E-state index is 12.6. The Bertz CT molecular complexity index is 891. The normalized spacial score (nSPS) is 13.0. The van der Waals surface area contributed by atoms with E-state index in [-0.39, 0.29) is 16.1 Å². The maximum Gasteiger partial charge on any atom is 0.242 e. The lowest BCUT2D eigenvalue weighted by molar-refractivity contribution is -0.115. The van der Waals surface area contributed by atoms with Crippen molar-refractivity contribution >= 4 is 33.4 Å². The fraction of sp³-hybridized carbons (Fsp3) is 0.412. The lowest BCUT2D eigenvalue weighted by Gasteiger charge is -2.16. The Balaban J connectivity index is 2.18. The van der Waals surface area contributed by atoms with Gasteiger partial charge in [0, 0.05) is 38.7 Å². The summed E-state index contributed by atoms with van der Waals surface area (Å²) >= 11 is 1.36. The molecule has 1 N–H and O–H groups in total. The summed E-state index contributed by atoms with van der Waals surface area (Å²) in [5.74, 6) is -0.205. The number of amides is 1. The second-order valence-electron chi connectivity index (χ2n) is 6.01. The summed E-state index contributed by atoms with van der Waals surface area (Å²) in [7, 11) is -0.610. The van der Waals surface area contributed by atoms with Crippen LogP contribution in [0.5, 0.6) is 0 Å². The highest BCUT2D eigenvalue weighted by Crippen LogP contribution is 2.25. The van der Waals surface area contributed by atoms with Crippen molar-refractivity contribution in [1.29, 1.82) is 0 Å². The van der Waals surface area contributed by atoms with Gasteiger partial charge in [0.1, 0.15) is 0 Å². The molecule has 1 aromatic carbocycles. The minimum Gasteiger partial charge on any atom is -0.326 e. The fourth-order valence-corrected chi connectivity index (χ4v) is 4.07. The molecule has 1 amide bonds. The van der Waals surface area contributed by atoms with Crippen LogP contribution in [0.25, 0.3) is 0 Å². The van der Waals surface area contributed by atoms with E-state index in [9.17, 15) is 13.2 Å². The quantitative estimate of drug-likeness (QED) is 0.727. The van der Waals surface area contributed by atoms with Crippen LogP contribution in [0.3, 0.4) is 0 Å². The van der Waals surface area contributed by atoms with Crippen molar-refractivity contribution in [3.63, 3.8) is 0 Å². The molecule has 0 aliphatic heterocycles. The van der Waals surface area contributed by atoms with E-state index in [4.69, 9.17) is 0 Å². The van der Waals surface area contributed by atoms with Gasteiger partial charge in [0.15, 0.2) is 5.16 Å². The number of aryl methyl sites for hydroxylation is 2. The summed E-state index contributed by atoms with van der Waals surface area (Å²) < 4.78 is 27.7. The predicted octanol–water partition coefficient (Wildman–Crippen LogP) is 2.58. The highest BCUT2D eigenvalue weighted by molar-refractivity contribution is 8.00. The second kappa shape index (κ2) is 8.24. The van der Waals surface area contributed by atoms with Crippen LogP contribution in [0, 0.1) is 6.92 Å². The Labute approximate surface area is 158 Å². The van der Waals surface area contributed by atoms with Crippen molar-refractivity contribution in [1.82, 2.24) is 13.9 Å². The number of nitrogens with one attached hydrogen (secondary N) is 1. The van der Waals surface area contributed by atoms with Crippen LogP contribution < -0.4 is 5.32 Å². The molecule has 0 saturated heterocycles.